The number of carbonyl (C=O) groups is 1. The topological polar surface area (TPSA) is 82.1 Å². The average Bonchev–Trinajstić information content (AvgIpc) is 3.31. The van der Waals surface area contributed by atoms with Gasteiger partial charge in [0.1, 0.15) is 17.1 Å². The van der Waals surface area contributed by atoms with E-state index in [4.69, 9.17) is 23.2 Å². The Hall–Kier alpha value is -3.35. The minimum Gasteiger partial charge on any atom is -0.507 e. The predicted octanol–water partition coefficient (Wildman–Crippen LogP) is 5.23. The van der Waals surface area contributed by atoms with Gasteiger partial charge in [-0.1, -0.05) is 41.4 Å². The lowest BCUT2D eigenvalue weighted by Crippen LogP contribution is -2.29. The second-order valence-corrected chi connectivity index (χ2v) is 8.06. The molecule has 0 fully saturated rings. The van der Waals surface area contributed by atoms with Crippen molar-refractivity contribution in [2.75, 3.05) is 0 Å². The molecule has 0 saturated heterocycles. The first-order valence-corrected chi connectivity index (χ1v) is 10.3. The van der Waals surface area contributed by atoms with Crippen LogP contribution in [0.5, 0.6) is 5.75 Å². The quantitative estimate of drug-likeness (QED) is 0.445. The fourth-order valence-corrected chi connectivity index (χ4v) is 4.26. The van der Waals surface area contributed by atoms with Gasteiger partial charge in [0, 0.05) is 30.1 Å². The van der Waals surface area contributed by atoms with E-state index in [0.29, 0.717) is 39.1 Å². The molecule has 1 aliphatic heterocycles. The molecule has 2 N–H and O–H groups in total. The Balaban J connectivity index is 1.69. The van der Waals surface area contributed by atoms with Gasteiger partial charge in [-0.3, -0.25) is 14.9 Å². The smallest absolute Gasteiger partial charge is 0.273 e. The molecule has 0 radical (unpaired) electrons. The number of halogens is 2. The second-order valence-electron chi connectivity index (χ2n) is 7.24. The number of pyridine rings is 1. The lowest BCUT2D eigenvalue weighted by Gasteiger charge is -2.26. The lowest BCUT2D eigenvalue weighted by molar-refractivity contribution is 0.0730. The number of aromatic hydroxyl groups is 1. The summed E-state index contributed by atoms with van der Waals surface area (Å²) in [4.78, 5) is 19.2. The molecule has 1 amide bonds. The molecule has 2 aromatic heterocycles. The predicted molar refractivity (Wildman–Crippen MR) is 118 cm³/mol. The highest BCUT2D eigenvalue weighted by molar-refractivity contribution is 6.42. The monoisotopic (exact) mass is 450 g/mol. The van der Waals surface area contributed by atoms with E-state index in [0.717, 1.165) is 11.1 Å². The van der Waals surface area contributed by atoms with Crippen molar-refractivity contribution in [1.82, 2.24) is 20.1 Å². The maximum atomic E-state index is 13.4. The fourth-order valence-electron chi connectivity index (χ4n) is 3.95. The highest BCUT2D eigenvalue weighted by Gasteiger charge is 2.42. The summed E-state index contributed by atoms with van der Waals surface area (Å²) in [6.07, 6.45) is 3.39. The summed E-state index contributed by atoms with van der Waals surface area (Å²) in [5.74, 6) is -0.0956. The lowest BCUT2D eigenvalue weighted by atomic mass is 9.95. The summed E-state index contributed by atoms with van der Waals surface area (Å²) in [5, 5.41) is 18.5. The molecule has 1 aliphatic rings. The highest BCUT2D eigenvalue weighted by atomic mass is 35.5. The zero-order valence-electron chi connectivity index (χ0n) is 16.1. The Bertz CT molecular complexity index is 1290. The van der Waals surface area contributed by atoms with E-state index in [1.165, 1.54) is 0 Å². The van der Waals surface area contributed by atoms with E-state index in [1.54, 1.807) is 47.6 Å². The van der Waals surface area contributed by atoms with Gasteiger partial charge in [0.2, 0.25) is 0 Å². The Kier molecular flexibility index (Phi) is 4.88. The Morgan fingerprint density at radius 3 is 2.55 bits per heavy atom. The number of amides is 1. The molecule has 154 valence electrons. The summed E-state index contributed by atoms with van der Waals surface area (Å²) >= 11 is 12.5. The fraction of sp³-hybridized carbons (Fsp3) is 0.0870. The van der Waals surface area contributed by atoms with Crippen molar-refractivity contribution in [3.05, 3.63) is 99.4 Å². The highest BCUT2D eigenvalue weighted by Crippen LogP contribution is 2.45. The van der Waals surface area contributed by atoms with Gasteiger partial charge in [0.25, 0.3) is 5.91 Å². The third-order valence-corrected chi connectivity index (χ3v) is 6.12. The van der Waals surface area contributed by atoms with Crippen LogP contribution in [0.3, 0.4) is 0 Å². The standard InChI is InChI=1S/C23H16Cl2N4O2/c24-16-6-5-14(11-17(16)25)22-19-20(15-3-1-2-4-18(15)30)27-28-21(19)23(31)29(22)12-13-7-9-26-10-8-13/h1-11,22,30H,12H2,(H,27,28). The van der Waals surface area contributed by atoms with Crippen LogP contribution in [0.25, 0.3) is 11.3 Å². The summed E-state index contributed by atoms with van der Waals surface area (Å²) in [5.41, 5.74) is 3.89. The van der Waals surface area contributed by atoms with Crippen molar-refractivity contribution in [2.45, 2.75) is 12.6 Å². The molecule has 0 aliphatic carbocycles. The zero-order valence-corrected chi connectivity index (χ0v) is 17.6. The molecule has 2 aromatic carbocycles. The molecule has 3 heterocycles. The van der Waals surface area contributed by atoms with Crippen LogP contribution in [0.15, 0.2) is 67.0 Å². The number of aromatic amines is 1. The molecular formula is C23H16Cl2N4O2. The van der Waals surface area contributed by atoms with Crippen LogP contribution in [-0.4, -0.2) is 31.1 Å². The number of aromatic nitrogens is 3. The second kappa shape index (κ2) is 7.72. The summed E-state index contributed by atoms with van der Waals surface area (Å²) in [6, 6.07) is 15.5. The zero-order chi connectivity index (χ0) is 21.5. The van der Waals surface area contributed by atoms with Crippen molar-refractivity contribution in [2.24, 2.45) is 0 Å². The number of nitrogens with one attached hydrogen (secondary N) is 1. The number of carbonyl (C=O) groups excluding carboxylic acids is 1. The van der Waals surface area contributed by atoms with E-state index >= 15 is 0 Å². The number of fused-ring (bicyclic) bond motifs is 1. The minimum absolute atomic E-state index is 0.0877. The van der Waals surface area contributed by atoms with Crippen LogP contribution in [0.4, 0.5) is 0 Å². The Morgan fingerprint density at radius 1 is 1.03 bits per heavy atom. The third kappa shape index (κ3) is 3.34. The third-order valence-electron chi connectivity index (χ3n) is 5.38. The molecule has 8 heteroatoms. The molecule has 0 saturated carbocycles. The maximum Gasteiger partial charge on any atom is 0.273 e. The van der Waals surface area contributed by atoms with Gasteiger partial charge in [-0.2, -0.15) is 5.10 Å². The van der Waals surface area contributed by atoms with Gasteiger partial charge in [-0.15, -0.1) is 0 Å². The van der Waals surface area contributed by atoms with Crippen LogP contribution in [0.2, 0.25) is 10.0 Å². The number of para-hydroxylation sites is 1. The van der Waals surface area contributed by atoms with E-state index in [-0.39, 0.29) is 11.7 Å². The van der Waals surface area contributed by atoms with E-state index in [2.05, 4.69) is 15.2 Å². The normalized spacial score (nSPS) is 15.4. The van der Waals surface area contributed by atoms with E-state index in [9.17, 15) is 9.90 Å². The molecule has 0 bridgehead atoms. The van der Waals surface area contributed by atoms with Gasteiger partial charge in [0.15, 0.2) is 0 Å². The van der Waals surface area contributed by atoms with Gasteiger partial charge < -0.3 is 10.0 Å². The number of hydrogen-bond donors (Lipinski definition) is 2. The molecule has 1 atom stereocenters. The number of benzene rings is 2. The van der Waals surface area contributed by atoms with Crippen molar-refractivity contribution < 1.29 is 9.90 Å². The van der Waals surface area contributed by atoms with Crippen LogP contribution in [0.1, 0.15) is 33.2 Å². The molecule has 31 heavy (non-hydrogen) atoms. The minimum atomic E-state index is -0.459. The number of nitrogens with zero attached hydrogens (tertiary/aromatic N) is 3. The van der Waals surface area contributed by atoms with Crippen LogP contribution in [-0.2, 0) is 6.54 Å². The first-order valence-electron chi connectivity index (χ1n) is 9.56. The average molecular weight is 451 g/mol. The van der Waals surface area contributed by atoms with Crippen molar-refractivity contribution in [3.63, 3.8) is 0 Å². The van der Waals surface area contributed by atoms with Gasteiger partial charge >= 0.3 is 0 Å². The molecule has 1 unspecified atom stereocenters. The molecule has 5 rings (SSSR count). The number of phenolic OH excluding ortho intramolecular Hbond substituents is 1. The molecular weight excluding hydrogens is 435 g/mol. The summed E-state index contributed by atoms with van der Waals surface area (Å²) in [7, 11) is 0. The van der Waals surface area contributed by atoms with Crippen LogP contribution < -0.4 is 0 Å². The first-order chi connectivity index (χ1) is 15.0. The van der Waals surface area contributed by atoms with Crippen molar-refractivity contribution in [3.8, 4) is 17.0 Å². The molecule has 0 spiro atoms. The largest absolute Gasteiger partial charge is 0.507 e. The molecule has 4 aromatic rings. The van der Waals surface area contributed by atoms with Gasteiger partial charge in [-0.25, -0.2) is 0 Å². The number of hydrogen-bond acceptors (Lipinski definition) is 4. The van der Waals surface area contributed by atoms with E-state index < -0.39 is 6.04 Å². The van der Waals surface area contributed by atoms with Crippen molar-refractivity contribution >= 4 is 29.1 Å². The Morgan fingerprint density at radius 2 is 1.81 bits per heavy atom. The number of phenols is 1. The summed E-state index contributed by atoms with van der Waals surface area (Å²) < 4.78 is 0. The van der Waals surface area contributed by atoms with E-state index in [1.807, 2.05) is 24.3 Å². The summed E-state index contributed by atoms with van der Waals surface area (Å²) in [6.45, 7) is 0.370. The number of H-pyrrole nitrogens is 1. The maximum absolute atomic E-state index is 13.4. The van der Waals surface area contributed by atoms with Gasteiger partial charge in [0.05, 0.1) is 16.1 Å². The van der Waals surface area contributed by atoms with Crippen molar-refractivity contribution in [1.29, 1.82) is 0 Å². The van der Waals surface area contributed by atoms with Gasteiger partial charge in [-0.05, 0) is 47.5 Å². The number of rotatable bonds is 4. The van der Waals surface area contributed by atoms with Crippen LogP contribution >= 0.6 is 23.2 Å². The molecule has 6 nitrogen and oxygen atoms in total. The SMILES string of the molecule is O=C1c2[nH]nc(-c3ccccc3O)c2C(c2ccc(Cl)c(Cl)c2)N1Cc1ccncc1. The Labute approximate surface area is 188 Å². The first kappa shape index (κ1) is 19.6. The van der Waals surface area contributed by atoms with Crippen LogP contribution in [0, 0.1) is 0 Å².